The lowest BCUT2D eigenvalue weighted by atomic mass is 9.86. The van der Waals surface area contributed by atoms with Crippen molar-refractivity contribution in [2.75, 3.05) is 0 Å². The third-order valence-corrected chi connectivity index (χ3v) is 3.41. The first-order valence-electron chi connectivity index (χ1n) is 5.37. The Kier molecular flexibility index (Phi) is 2.07. The summed E-state index contributed by atoms with van der Waals surface area (Å²) in [6.07, 6.45) is -4.51. The summed E-state index contributed by atoms with van der Waals surface area (Å²) >= 11 is 0. The molecule has 0 aromatic rings. The van der Waals surface area contributed by atoms with E-state index in [1.165, 1.54) is 6.92 Å². The first kappa shape index (κ1) is 10.7. The Hall–Kier alpha value is -1.43. The van der Waals surface area contributed by atoms with Crippen LogP contribution in [0.5, 0.6) is 0 Å². The van der Waals surface area contributed by atoms with Crippen LogP contribution in [0.15, 0.2) is 12.2 Å². The van der Waals surface area contributed by atoms with Gasteiger partial charge in [-0.05, 0) is 6.92 Å². The molecule has 0 aromatic heterocycles. The van der Waals surface area contributed by atoms with Crippen molar-refractivity contribution in [3.8, 4) is 0 Å². The second-order valence-electron chi connectivity index (χ2n) is 4.59. The SMILES string of the molecule is C=C(C)C(=O)OC1C2OC3C1OC(=O)C3C2F. The molecular weight excluding hydrogens is 231 g/mol. The number of hydrogen-bond acceptors (Lipinski definition) is 5. The first-order chi connectivity index (χ1) is 8.00. The Morgan fingerprint density at radius 2 is 2.12 bits per heavy atom. The smallest absolute Gasteiger partial charge is 0.333 e. The first-order valence-corrected chi connectivity index (χ1v) is 5.37. The minimum absolute atomic E-state index is 0.212. The minimum atomic E-state index is -1.46. The normalized spacial score (nSPS) is 45.9. The van der Waals surface area contributed by atoms with E-state index in [2.05, 4.69) is 6.58 Å². The molecule has 3 heterocycles. The topological polar surface area (TPSA) is 61.8 Å². The molecule has 0 saturated carbocycles. The fourth-order valence-corrected chi connectivity index (χ4v) is 2.61. The van der Waals surface area contributed by atoms with E-state index in [4.69, 9.17) is 14.2 Å². The number of carbonyl (C=O) groups is 2. The number of halogens is 1. The number of carbonyl (C=O) groups excluding carboxylic acids is 2. The average molecular weight is 242 g/mol. The summed E-state index contributed by atoms with van der Waals surface area (Å²) in [4.78, 5) is 22.8. The second-order valence-corrected chi connectivity index (χ2v) is 4.59. The van der Waals surface area contributed by atoms with Crippen molar-refractivity contribution in [1.29, 1.82) is 0 Å². The fourth-order valence-electron chi connectivity index (χ4n) is 2.61. The second kappa shape index (κ2) is 3.29. The number of rotatable bonds is 2. The molecule has 17 heavy (non-hydrogen) atoms. The van der Waals surface area contributed by atoms with Gasteiger partial charge in [-0.3, -0.25) is 4.79 Å². The highest BCUT2D eigenvalue weighted by Crippen LogP contribution is 2.49. The van der Waals surface area contributed by atoms with E-state index >= 15 is 0 Å². The Morgan fingerprint density at radius 3 is 2.76 bits per heavy atom. The van der Waals surface area contributed by atoms with Crippen LogP contribution in [0.3, 0.4) is 0 Å². The summed E-state index contributed by atoms with van der Waals surface area (Å²) < 4.78 is 29.2. The fraction of sp³-hybridized carbons (Fsp3) is 0.636. The van der Waals surface area contributed by atoms with Crippen molar-refractivity contribution >= 4 is 11.9 Å². The summed E-state index contributed by atoms with van der Waals surface area (Å²) in [7, 11) is 0. The van der Waals surface area contributed by atoms with Crippen LogP contribution in [0.1, 0.15) is 6.92 Å². The lowest BCUT2D eigenvalue weighted by Crippen LogP contribution is -2.46. The van der Waals surface area contributed by atoms with Crippen molar-refractivity contribution in [2.24, 2.45) is 5.92 Å². The van der Waals surface area contributed by atoms with Gasteiger partial charge in [-0.2, -0.15) is 0 Å². The van der Waals surface area contributed by atoms with Gasteiger partial charge in [0.15, 0.2) is 12.2 Å². The van der Waals surface area contributed by atoms with Gasteiger partial charge >= 0.3 is 11.9 Å². The van der Waals surface area contributed by atoms with E-state index in [0.717, 1.165) is 0 Å². The number of fused-ring (bicyclic) bond motifs is 1. The maximum absolute atomic E-state index is 13.8. The Morgan fingerprint density at radius 1 is 1.41 bits per heavy atom. The van der Waals surface area contributed by atoms with Crippen LogP contribution in [-0.4, -0.2) is 42.5 Å². The van der Waals surface area contributed by atoms with Crippen LogP contribution in [0.4, 0.5) is 4.39 Å². The highest BCUT2D eigenvalue weighted by Gasteiger charge is 2.70. The zero-order chi connectivity index (χ0) is 12.3. The molecule has 3 aliphatic heterocycles. The van der Waals surface area contributed by atoms with E-state index in [1.807, 2.05) is 0 Å². The molecule has 3 rings (SSSR count). The molecule has 0 aliphatic carbocycles. The van der Waals surface area contributed by atoms with E-state index in [9.17, 15) is 14.0 Å². The van der Waals surface area contributed by atoms with Crippen LogP contribution in [0.2, 0.25) is 0 Å². The predicted molar refractivity (Wildman–Crippen MR) is 51.6 cm³/mol. The summed E-state index contributed by atoms with van der Waals surface area (Å²) in [6, 6.07) is 0. The molecule has 6 heteroatoms. The zero-order valence-electron chi connectivity index (χ0n) is 9.09. The third kappa shape index (κ3) is 1.27. The van der Waals surface area contributed by atoms with Gasteiger partial charge in [-0.25, -0.2) is 9.18 Å². The van der Waals surface area contributed by atoms with Gasteiger partial charge in [0.05, 0.1) is 0 Å². The molecule has 0 spiro atoms. The molecule has 2 bridgehead atoms. The lowest BCUT2D eigenvalue weighted by Gasteiger charge is -2.24. The highest BCUT2D eigenvalue weighted by molar-refractivity contribution is 5.87. The third-order valence-electron chi connectivity index (χ3n) is 3.41. The standard InChI is InChI=1S/C11H11FO5/c1-3(2)10(13)16-9-7-5(12)4-6(15-7)8(9)17-11(4)14/h4-9H,1H2,2H3. The number of esters is 2. The van der Waals surface area contributed by atoms with Gasteiger partial charge < -0.3 is 14.2 Å². The van der Waals surface area contributed by atoms with Crippen molar-refractivity contribution in [3.63, 3.8) is 0 Å². The molecule has 0 radical (unpaired) electrons. The zero-order valence-corrected chi connectivity index (χ0v) is 9.09. The summed E-state index contributed by atoms with van der Waals surface area (Å²) in [5.74, 6) is -2.09. The minimum Gasteiger partial charge on any atom is -0.455 e. The quantitative estimate of drug-likeness (QED) is 0.509. The van der Waals surface area contributed by atoms with Crippen LogP contribution < -0.4 is 0 Å². The van der Waals surface area contributed by atoms with Gasteiger partial charge in [0, 0.05) is 5.57 Å². The van der Waals surface area contributed by atoms with Crippen LogP contribution in [0.25, 0.3) is 0 Å². The average Bonchev–Trinajstić information content (AvgIpc) is 2.82. The van der Waals surface area contributed by atoms with E-state index < -0.39 is 48.4 Å². The molecule has 0 aromatic carbocycles. The maximum atomic E-state index is 13.8. The molecule has 0 N–H and O–H groups in total. The van der Waals surface area contributed by atoms with E-state index in [-0.39, 0.29) is 5.57 Å². The Labute approximate surface area is 96.5 Å². The number of ether oxygens (including phenoxy) is 3. The predicted octanol–water partition coefficient (Wildman–Crippen LogP) is 0.135. The van der Waals surface area contributed by atoms with Crippen LogP contribution >= 0.6 is 0 Å². The van der Waals surface area contributed by atoms with Crippen molar-refractivity contribution in [2.45, 2.75) is 37.5 Å². The molecule has 6 unspecified atom stereocenters. The van der Waals surface area contributed by atoms with Gasteiger partial charge in [-0.1, -0.05) is 6.58 Å². The molecule has 0 amide bonds. The van der Waals surface area contributed by atoms with Gasteiger partial charge in [0.2, 0.25) is 0 Å². The monoisotopic (exact) mass is 242 g/mol. The molecule has 5 nitrogen and oxygen atoms in total. The summed E-state index contributed by atoms with van der Waals surface area (Å²) in [5, 5.41) is 0. The van der Waals surface area contributed by atoms with Crippen molar-refractivity contribution in [3.05, 3.63) is 12.2 Å². The van der Waals surface area contributed by atoms with Crippen molar-refractivity contribution < 1.29 is 28.2 Å². The van der Waals surface area contributed by atoms with Gasteiger partial charge in [-0.15, -0.1) is 0 Å². The van der Waals surface area contributed by atoms with Crippen LogP contribution in [-0.2, 0) is 23.8 Å². The summed E-state index contributed by atoms with van der Waals surface area (Å²) in [5.41, 5.74) is 0.212. The Balaban J connectivity index is 1.83. The Bertz CT molecular complexity index is 420. The van der Waals surface area contributed by atoms with E-state index in [0.29, 0.717) is 0 Å². The number of alkyl halides is 1. The molecular formula is C11H11FO5. The molecule has 3 saturated heterocycles. The van der Waals surface area contributed by atoms with Crippen molar-refractivity contribution in [1.82, 2.24) is 0 Å². The number of hydrogen-bond donors (Lipinski definition) is 0. The molecule has 6 atom stereocenters. The molecule has 3 aliphatic rings. The highest BCUT2D eigenvalue weighted by atomic mass is 19.1. The largest absolute Gasteiger partial charge is 0.455 e. The maximum Gasteiger partial charge on any atom is 0.333 e. The molecule has 92 valence electrons. The van der Waals surface area contributed by atoms with Gasteiger partial charge in [0.25, 0.3) is 0 Å². The summed E-state index contributed by atoms with van der Waals surface area (Å²) in [6.45, 7) is 4.93. The van der Waals surface area contributed by atoms with E-state index in [1.54, 1.807) is 0 Å². The lowest BCUT2D eigenvalue weighted by molar-refractivity contribution is -0.157. The molecule has 3 fully saturated rings. The van der Waals surface area contributed by atoms with Gasteiger partial charge in [0.1, 0.15) is 24.3 Å². The van der Waals surface area contributed by atoms with Crippen LogP contribution in [0, 0.1) is 5.92 Å².